The first-order chi connectivity index (χ1) is 18.5. The van der Waals surface area contributed by atoms with Crippen LogP contribution >= 0.6 is 11.6 Å². The van der Waals surface area contributed by atoms with E-state index in [1.807, 2.05) is 12.1 Å². The van der Waals surface area contributed by atoms with E-state index in [1.54, 1.807) is 25.3 Å². The summed E-state index contributed by atoms with van der Waals surface area (Å²) in [6.07, 6.45) is 9.49. The Bertz CT molecular complexity index is 1330. The monoisotopic (exact) mass is 539 g/mol. The van der Waals surface area contributed by atoms with Gasteiger partial charge in [-0.05, 0) is 55.9 Å². The number of hydrogen-bond acceptors (Lipinski definition) is 7. The molecule has 3 aromatic rings. The van der Waals surface area contributed by atoms with Gasteiger partial charge in [0.05, 0.1) is 28.9 Å². The highest BCUT2D eigenvalue weighted by Gasteiger charge is 2.23. The van der Waals surface area contributed by atoms with E-state index in [2.05, 4.69) is 25.5 Å². The van der Waals surface area contributed by atoms with Crippen molar-refractivity contribution in [1.29, 1.82) is 0 Å². The standard InChI is InChI=1S/C28H31ClFN5O3/c1-37-20-8-11-35(12-9-20)10-2-3-27(36)34-25-14-21-24(15-26(25)38-16-18-4-5-18)31-17-32-28(21)33-19-6-7-23(30)22(29)13-19/h2-3,6-7,13-15,17-18,20H,4-5,8-12,16H2,1H3,(H,34,36)(H,31,32,33). The lowest BCUT2D eigenvalue weighted by molar-refractivity contribution is -0.111. The molecular weight excluding hydrogens is 509 g/mol. The van der Waals surface area contributed by atoms with Crippen LogP contribution in [0.4, 0.5) is 21.6 Å². The first-order valence-corrected chi connectivity index (χ1v) is 13.2. The Morgan fingerprint density at radius 2 is 2.00 bits per heavy atom. The van der Waals surface area contributed by atoms with Crippen molar-refractivity contribution in [1.82, 2.24) is 14.9 Å². The van der Waals surface area contributed by atoms with Crippen molar-refractivity contribution in [2.75, 3.05) is 44.0 Å². The maximum Gasteiger partial charge on any atom is 0.248 e. The fourth-order valence-electron chi connectivity index (χ4n) is 4.41. The normalized spacial score (nSPS) is 16.7. The van der Waals surface area contributed by atoms with Gasteiger partial charge in [-0.15, -0.1) is 0 Å². The highest BCUT2D eigenvalue weighted by atomic mass is 35.5. The van der Waals surface area contributed by atoms with Gasteiger partial charge in [-0.25, -0.2) is 14.4 Å². The molecule has 0 bridgehead atoms. The zero-order chi connectivity index (χ0) is 26.5. The molecular formula is C28H31ClFN5O3. The minimum atomic E-state index is -0.500. The number of amides is 1. The van der Waals surface area contributed by atoms with E-state index in [1.165, 1.54) is 18.5 Å². The topological polar surface area (TPSA) is 88.6 Å². The van der Waals surface area contributed by atoms with E-state index < -0.39 is 5.82 Å². The minimum Gasteiger partial charge on any atom is -0.491 e. The Morgan fingerprint density at radius 3 is 2.74 bits per heavy atom. The van der Waals surface area contributed by atoms with Crippen molar-refractivity contribution in [3.8, 4) is 5.75 Å². The number of ether oxygens (including phenoxy) is 2. The number of piperidine rings is 1. The summed E-state index contributed by atoms with van der Waals surface area (Å²) in [5.41, 5.74) is 1.76. The van der Waals surface area contributed by atoms with Crippen LogP contribution in [0.1, 0.15) is 25.7 Å². The molecule has 2 aromatic carbocycles. The summed E-state index contributed by atoms with van der Waals surface area (Å²) in [4.78, 5) is 23.9. The minimum absolute atomic E-state index is 0.00642. The smallest absolute Gasteiger partial charge is 0.248 e. The summed E-state index contributed by atoms with van der Waals surface area (Å²) in [5.74, 6) is 0.852. The van der Waals surface area contributed by atoms with E-state index in [9.17, 15) is 9.18 Å². The molecule has 1 aliphatic heterocycles. The number of fused-ring (bicyclic) bond motifs is 1. The van der Waals surface area contributed by atoms with E-state index in [4.69, 9.17) is 21.1 Å². The number of likely N-dealkylation sites (tertiary alicyclic amines) is 1. The molecule has 5 rings (SSSR count). The van der Waals surface area contributed by atoms with Gasteiger partial charge in [-0.3, -0.25) is 9.69 Å². The zero-order valence-corrected chi connectivity index (χ0v) is 22.0. The Balaban J connectivity index is 1.34. The maximum absolute atomic E-state index is 13.6. The van der Waals surface area contributed by atoms with Gasteiger partial charge in [0.1, 0.15) is 23.7 Å². The summed E-state index contributed by atoms with van der Waals surface area (Å²) in [6, 6.07) is 7.96. The van der Waals surface area contributed by atoms with Crippen LogP contribution in [0.2, 0.25) is 5.02 Å². The Kier molecular flexibility index (Phi) is 8.36. The van der Waals surface area contributed by atoms with Gasteiger partial charge in [0, 0.05) is 50.0 Å². The molecule has 10 heteroatoms. The molecule has 1 amide bonds. The van der Waals surface area contributed by atoms with Crippen molar-refractivity contribution >= 4 is 45.6 Å². The predicted octanol–water partition coefficient (Wildman–Crippen LogP) is 5.56. The molecule has 2 fully saturated rings. The van der Waals surface area contributed by atoms with E-state index in [0.29, 0.717) is 59.0 Å². The third-order valence-corrected chi connectivity index (χ3v) is 7.14. The quantitative estimate of drug-likeness (QED) is 0.326. The fourth-order valence-corrected chi connectivity index (χ4v) is 4.59. The first-order valence-electron chi connectivity index (χ1n) is 12.8. The lowest BCUT2D eigenvalue weighted by Crippen LogP contribution is -2.36. The second-order valence-corrected chi connectivity index (χ2v) is 10.1. The van der Waals surface area contributed by atoms with Gasteiger partial charge >= 0.3 is 0 Å². The number of aromatic nitrogens is 2. The van der Waals surface area contributed by atoms with Crippen LogP contribution in [-0.2, 0) is 9.53 Å². The Morgan fingerprint density at radius 1 is 1.18 bits per heavy atom. The second-order valence-electron chi connectivity index (χ2n) is 9.72. The molecule has 2 aliphatic rings. The fraction of sp³-hybridized carbons (Fsp3) is 0.393. The van der Waals surface area contributed by atoms with Crippen molar-refractivity contribution < 1.29 is 18.7 Å². The van der Waals surface area contributed by atoms with E-state index >= 15 is 0 Å². The number of nitrogens with one attached hydrogen (secondary N) is 2. The average Bonchev–Trinajstić information content (AvgIpc) is 3.75. The molecule has 8 nitrogen and oxygen atoms in total. The van der Waals surface area contributed by atoms with Gasteiger partial charge in [-0.2, -0.15) is 0 Å². The Labute approximate surface area is 226 Å². The van der Waals surface area contributed by atoms with Crippen molar-refractivity contribution in [2.24, 2.45) is 5.92 Å². The van der Waals surface area contributed by atoms with Crippen LogP contribution in [0.25, 0.3) is 10.9 Å². The lowest BCUT2D eigenvalue weighted by Gasteiger charge is -2.30. The average molecular weight is 540 g/mol. The molecule has 2 heterocycles. The van der Waals surface area contributed by atoms with Crippen LogP contribution in [-0.4, -0.2) is 60.2 Å². The van der Waals surface area contributed by atoms with Gasteiger partial charge in [0.25, 0.3) is 0 Å². The zero-order valence-electron chi connectivity index (χ0n) is 21.3. The molecule has 1 saturated carbocycles. The summed E-state index contributed by atoms with van der Waals surface area (Å²) >= 11 is 5.94. The molecule has 0 atom stereocenters. The molecule has 200 valence electrons. The number of methoxy groups -OCH3 is 1. The van der Waals surface area contributed by atoms with Gasteiger partial charge < -0.3 is 20.1 Å². The van der Waals surface area contributed by atoms with Crippen molar-refractivity contribution in [2.45, 2.75) is 31.8 Å². The van der Waals surface area contributed by atoms with Crippen LogP contribution in [0.15, 0.2) is 48.8 Å². The number of rotatable bonds is 10. The van der Waals surface area contributed by atoms with Crippen molar-refractivity contribution in [3.63, 3.8) is 0 Å². The largest absolute Gasteiger partial charge is 0.491 e. The Hall–Kier alpha value is -3.27. The van der Waals surface area contributed by atoms with E-state index in [-0.39, 0.29) is 10.9 Å². The number of carbonyl (C=O) groups is 1. The molecule has 38 heavy (non-hydrogen) atoms. The second kappa shape index (κ2) is 12.1. The SMILES string of the molecule is COC1CCN(CC=CC(=O)Nc2cc3c(Nc4ccc(F)c(Cl)c4)ncnc3cc2OCC2CC2)CC1. The molecule has 0 spiro atoms. The molecule has 1 aromatic heterocycles. The number of nitrogens with zero attached hydrogens (tertiary/aromatic N) is 3. The number of benzene rings is 2. The van der Waals surface area contributed by atoms with Gasteiger partial charge in [-0.1, -0.05) is 17.7 Å². The van der Waals surface area contributed by atoms with Crippen LogP contribution in [0, 0.1) is 11.7 Å². The molecule has 1 saturated heterocycles. The first kappa shape index (κ1) is 26.3. The number of hydrogen-bond donors (Lipinski definition) is 2. The summed E-state index contributed by atoms with van der Waals surface area (Å²) in [7, 11) is 1.75. The van der Waals surface area contributed by atoms with E-state index in [0.717, 1.165) is 38.8 Å². The molecule has 0 radical (unpaired) electrons. The summed E-state index contributed by atoms with van der Waals surface area (Å²) in [5, 5.41) is 6.81. The summed E-state index contributed by atoms with van der Waals surface area (Å²) in [6.45, 7) is 3.19. The van der Waals surface area contributed by atoms with Crippen LogP contribution in [0.5, 0.6) is 5.75 Å². The third kappa shape index (κ3) is 6.78. The van der Waals surface area contributed by atoms with Crippen LogP contribution in [0.3, 0.4) is 0 Å². The molecule has 0 unspecified atom stereocenters. The van der Waals surface area contributed by atoms with Gasteiger partial charge in [0.2, 0.25) is 5.91 Å². The third-order valence-electron chi connectivity index (χ3n) is 6.85. The summed E-state index contributed by atoms with van der Waals surface area (Å²) < 4.78 is 25.1. The number of halogens is 2. The highest BCUT2D eigenvalue weighted by Crippen LogP contribution is 2.36. The van der Waals surface area contributed by atoms with Gasteiger partial charge in [0.15, 0.2) is 0 Å². The maximum atomic E-state index is 13.6. The lowest BCUT2D eigenvalue weighted by atomic mass is 10.1. The highest BCUT2D eigenvalue weighted by molar-refractivity contribution is 6.31. The van der Waals surface area contributed by atoms with Crippen LogP contribution < -0.4 is 15.4 Å². The number of carbonyl (C=O) groups excluding carboxylic acids is 1. The van der Waals surface area contributed by atoms with Crippen molar-refractivity contribution in [3.05, 3.63) is 59.7 Å². The molecule has 1 aliphatic carbocycles. The number of anilines is 3. The molecule has 2 N–H and O–H groups in total. The predicted molar refractivity (Wildman–Crippen MR) is 147 cm³/mol.